The Balaban J connectivity index is 1.44. The van der Waals surface area contributed by atoms with Crippen molar-refractivity contribution in [2.45, 2.75) is 30.1 Å². The average molecular weight is 388 g/mol. The first kappa shape index (κ1) is 17.2. The van der Waals surface area contributed by atoms with Crippen molar-refractivity contribution >= 4 is 29.0 Å². The number of amides is 1. The van der Waals surface area contributed by atoms with E-state index in [0.717, 1.165) is 28.4 Å². The van der Waals surface area contributed by atoms with Gasteiger partial charge in [0.25, 0.3) is 0 Å². The molecule has 1 saturated carbocycles. The first-order chi connectivity index (χ1) is 12.7. The second kappa shape index (κ2) is 7.59. The number of carbonyl (C=O) groups is 1. The molecule has 1 aliphatic carbocycles. The van der Waals surface area contributed by atoms with Crippen LogP contribution in [0, 0.1) is 5.82 Å². The molecule has 4 rings (SSSR count). The van der Waals surface area contributed by atoms with Crippen LogP contribution in [0.3, 0.4) is 0 Å². The molecule has 2 heterocycles. The number of hydrogen-bond donors (Lipinski definition) is 1. The Hall–Kier alpha value is -2.19. The number of thiophene rings is 1. The van der Waals surface area contributed by atoms with Crippen LogP contribution in [0.5, 0.6) is 0 Å². The first-order valence-corrected chi connectivity index (χ1v) is 10.2. The van der Waals surface area contributed by atoms with Crippen molar-refractivity contribution in [3.8, 4) is 0 Å². The predicted molar refractivity (Wildman–Crippen MR) is 99.7 cm³/mol. The van der Waals surface area contributed by atoms with Gasteiger partial charge in [-0.05, 0) is 42.0 Å². The van der Waals surface area contributed by atoms with Crippen molar-refractivity contribution in [3.05, 3.63) is 64.4 Å². The second-order valence-electron chi connectivity index (χ2n) is 6.11. The van der Waals surface area contributed by atoms with E-state index in [2.05, 4.69) is 15.5 Å². The van der Waals surface area contributed by atoms with Gasteiger partial charge in [-0.15, -0.1) is 21.5 Å². The summed E-state index contributed by atoms with van der Waals surface area (Å²) in [6.07, 6.45) is 4.01. The maximum absolute atomic E-state index is 13.2. The van der Waals surface area contributed by atoms with E-state index in [4.69, 9.17) is 0 Å². The lowest BCUT2D eigenvalue weighted by molar-refractivity contribution is -0.119. The van der Waals surface area contributed by atoms with E-state index >= 15 is 0 Å². The molecule has 1 aliphatic rings. The van der Waals surface area contributed by atoms with E-state index in [1.165, 1.54) is 23.9 Å². The maximum Gasteiger partial charge on any atom is 0.231 e. The van der Waals surface area contributed by atoms with Crippen molar-refractivity contribution in [1.82, 2.24) is 20.1 Å². The Kier molecular flexibility index (Phi) is 5.03. The summed E-state index contributed by atoms with van der Waals surface area (Å²) in [6, 6.07) is 10.3. The molecule has 2 aromatic heterocycles. The molecular weight excluding hydrogens is 371 g/mol. The lowest BCUT2D eigenvalue weighted by Gasteiger charge is -2.18. The average Bonchev–Trinajstić information content (AvgIpc) is 3.15. The van der Waals surface area contributed by atoms with Crippen LogP contribution < -0.4 is 5.32 Å². The van der Waals surface area contributed by atoms with Gasteiger partial charge in [-0.1, -0.05) is 30.0 Å². The fourth-order valence-electron chi connectivity index (χ4n) is 2.70. The van der Waals surface area contributed by atoms with Gasteiger partial charge in [-0.3, -0.25) is 4.79 Å². The summed E-state index contributed by atoms with van der Waals surface area (Å²) < 4.78 is 15.3. The van der Waals surface area contributed by atoms with Crippen molar-refractivity contribution in [2.75, 3.05) is 5.75 Å². The Labute approximate surface area is 158 Å². The van der Waals surface area contributed by atoms with E-state index in [1.54, 1.807) is 29.8 Å². The minimum absolute atomic E-state index is 0.0944. The molecule has 0 saturated heterocycles. The molecule has 1 atom stereocenters. The lowest BCUT2D eigenvalue weighted by Crippen LogP contribution is -2.30. The first-order valence-electron chi connectivity index (χ1n) is 8.31. The van der Waals surface area contributed by atoms with Gasteiger partial charge in [-0.2, -0.15) is 0 Å². The van der Waals surface area contributed by atoms with Crippen molar-refractivity contribution in [1.29, 1.82) is 0 Å². The van der Waals surface area contributed by atoms with Crippen LogP contribution in [0.25, 0.3) is 0 Å². The van der Waals surface area contributed by atoms with Gasteiger partial charge < -0.3 is 9.88 Å². The van der Waals surface area contributed by atoms with Gasteiger partial charge >= 0.3 is 0 Å². The molecule has 1 aromatic carbocycles. The van der Waals surface area contributed by atoms with E-state index in [0.29, 0.717) is 6.04 Å². The molecule has 0 radical (unpaired) electrons. The van der Waals surface area contributed by atoms with Crippen LogP contribution in [-0.4, -0.2) is 26.4 Å². The standard InChI is InChI=1S/C18H17FN4OS2/c19-13-5-3-12(4-6-13)17(15-2-1-9-25-15)21-16(24)10-26-18-22-20-11-23(18)14-7-8-14/h1-6,9,11,14,17H,7-8,10H2,(H,21,24). The SMILES string of the molecule is O=C(CSc1nncn1C1CC1)NC(c1ccc(F)cc1)c1cccs1. The highest BCUT2D eigenvalue weighted by Gasteiger charge is 2.26. The highest BCUT2D eigenvalue weighted by Crippen LogP contribution is 2.37. The van der Waals surface area contributed by atoms with Crippen LogP contribution in [0.4, 0.5) is 4.39 Å². The van der Waals surface area contributed by atoms with Gasteiger partial charge in [0.2, 0.25) is 5.91 Å². The quantitative estimate of drug-likeness (QED) is 0.625. The number of thioether (sulfide) groups is 1. The molecule has 1 fully saturated rings. The number of hydrogen-bond acceptors (Lipinski definition) is 5. The zero-order valence-electron chi connectivity index (χ0n) is 13.8. The second-order valence-corrected chi connectivity index (χ2v) is 8.03. The Bertz CT molecular complexity index is 875. The molecule has 0 spiro atoms. The third-order valence-corrected chi connectivity index (χ3v) is 6.04. The molecule has 0 bridgehead atoms. The number of halogens is 1. The highest BCUT2D eigenvalue weighted by atomic mass is 32.2. The van der Waals surface area contributed by atoms with Crippen LogP contribution in [0.2, 0.25) is 0 Å². The zero-order chi connectivity index (χ0) is 17.9. The van der Waals surface area contributed by atoms with Crippen molar-refractivity contribution in [2.24, 2.45) is 0 Å². The third-order valence-electron chi connectivity index (χ3n) is 4.15. The molecule has 5 nitrogen and oxygen atoms in total. The summed E-state index contributed by atoms with van der Waals surface area (Å²) in [5, 5.41) is 13.8. The van der Waals surface area contributed by atoms with Crippen LogP contribution in [0.1, 0.15) is 35.4 Å². The minimum Gasteiger partial charge on any atom is -0.344 e. The largest absolute Gasteiger partial charge is 0.344 e. The van der Waals surface area contributed by atoms with E-state index < -0.39 is 0 Å². The number of nitrogens with one attached hydrogen (secondary N) is 1. The van der Waals surface area contributed by atoms with Gasteiger partial charge in [0.05, 0.1) is 11.8 Å². The lowest BCUT2D eigenvalue weighted by atomic mass is 10.1. The Morgan fingerprint density at radius 3 is 2.85 bits per heavy atom. The fraction of sp³-hybridized carbons (Fsp3) is 0.278. The van der Waals surface area contributed by atoms with Crippen LogP contribution >= 0.6 is 23.1 Å². The van der Waals surface area contributed by atoms with Gasteiger partial charge in [0, 0.05) is 10.9 Å². The molecule has 26 heavy (non-hydrogen) atoms. The molecule has 1 N–H and O–H groups in total. The van der Waals surface area contributed by atoms with Crippen LogP contribution in [-0.2, 0) is 4.79 Å². The summed E-state index contributed by atoms with van der Waals surface area (Å²) in [4.78, 5) is 13.5. The fourth-order valence-corrected chi connectivity index (χ4v) is 4.30. The summed E-state index contributed by atoms with van der Waals surface area (Å²) in [7, 11) is 0. The van der Waals surface area contributed by atoms with E-state index in [-0.39, 0.29) is 23.5 Å². The van der Waals surface area contributed by atoms with E-state index in [9.17, 15) is 9.18 Å². The Morgan fingerprint density at radius 1 is 1.35 bits per heavy atom. The van der Waals surface area contributed by atoms with Crippen molar-refractivity contribution in [3.63, 3.8) is 0 Å². The number of aromatic nitrogens is 3. The van der Waals surface area contributed by atoms with E-state index in [1.807, 2.05) is 22.1 Å². The summed E-state index contributed by atoms with van der Waals surface area (Å²) in [6.45, 7) is 0. The summed E-state index contributed by atoms with van der Waals surface area (Å²) in [5.41, 5.74) is 0.855. The number of nitrogens with zero attached hydrogens (tertiary/aromatic N) is 3. The maximum atomic E-state index is 13.2. The summed E-state index contributed by atoms with van der Waals surface area (Å²) >= 11 is 2.95. The molecule has 3 aromatic rings. The molecule has 134 valence electrons. The number of carbonyl (C=O) groups excluding carboxylic acids is 1. The number of rotatable bonds is 7. The molecule has 0 aliphatic heterocycles. The van der Waals surface area contributed by atoms with Gasteiger partial charge in [0.15, 0.2) is 5.16 Å². The highest BCUT2D eigenvalue weighted by molar-refractivity contribution is 7.99. The normalized spacial score (nSPS) is 15.0. The summed E-state index contributed by atoms with van der Waals surface area (Å²) in [5.74, 6) is -0.128. The molecular formula is C18H17FN4OS2. The minimum atomic E-state index is -0.292. The Morgan fingerprint density at radius 2 is 2.15 bits per heavy atom. The monoisotopic (exact) mass is 388 g/mol. The number of benzene rings is 1. The predicted octanol–water partition coefficient (Wildman–Crippen LogP) is 3.81. The van der Waals surface area contributed by atoms with Gasteiger partial charge in [-0.25, -0.2) is 4.39 Å². The molecule has 8 heteroatoms. The van der Waals surface area contributed by atoms with Crippen molar-refractivity contribution < 1.29 is 9.18 Å². The van der Waals surface area contributed by atoms with Crippen LogP contribution in [0.15, 0.2) is 53.3 Å². The smallest absolute Gasteiger partial charge is 0.231 e. The topological polar surface area (TPSA) is 59.8 Å². The van der Waals surface area contributed by atoms with Gasteiger partial charge in [0.1, 0.15) is 12.1 Å². The molecule has 1 unspecified atom stereocenters. The third kappa shape index (κ3) is 3.96. The molecule has 1 amide bonds. The zero-order valence-corrected chi connectivity index (χ0v) is 15.5.